The second kappa shape index (κ2) is 5.92. The molecule has 1 heterocycles. The van der Waals surface area contributed by atoms with Crippen molar-refractivity contribution < 1.29 is 23.1 Å². The first-order chi connectivity index (χ1) is 9.79. The Kier molecular flexibility index (Phi) is 4.40. The summed E-state index contributed by atoms with van der Waals surface area (Å²) in [6.07, 6.45) is 0. The summed E-state index contributed by atoms with van der Waals surface area (Å²) >= 11 is 1.35. The van der Waals surface area contributed by atoms with Gasteiger partial charge in [0.15, 0.2) is 0 Å². The van der Waals surface area contributed by atoms with Gasteiger partial charge in [-0.1, -0.05) is 0 Å². The van der Waals surface area contributed by atoms with E-state index >= 15 is 0 Å². The average molecular weight is 331 g/mol. The zero-order chi connectivity index (χ0) is 15.6. The van der Waals surface area contributed by atoms with E-state index in [1.165, 1.54) is 40.9 Å². The number of nitrogens with two attached hydrogens (primary N) is 1. The second-order valence-corrected chi connectivity index (χ2v) is 6.88. The van der Waals surface area contributed by atoms with Crippen molar-refractivity contribution in [3.05, 3.63) is 24.3 Å². The Labute approximate surface area is 125 Å². The number of carboxylic acid groups (broad SMARTS) is 1. The highest BCUT2D eigenvalue weighted by Crippen LogP contribution is 2.22. The van der Waals surface area contributed by atoms with Crippen LogP contribution < -0.4 is 10.5 Å². The number of carbonyl (C=O) groups excluding carboxylic acids is 1. The molecule has 0 aliphatic carbocycles. The molecule has 8 nitrogen and oxygen atoms in total. The summed E-state index contributed by atoms with van der Waals surface area (Å²) in [5, 5.41) is 16.5. The van der Waals surface area contributed by atoms with Gasteiger partial charge in [0.1, 0.15) is 6.04 Å². The number of hydrogen-bond donors (Lipinski definition) is 3. The van der Waals surface area contributed by atoms with E-state index in [9.17, 15) is 18.0 Å². The van der Waals surface area contributed by atoms with Crippen molar-refractivity contribution in [3.8, 4) is 0 Å². The van der Waals surface area contributed by atoms with E-state index in [-0.39, 0.29) is 10.8 Å². The molecule has 114 valence electrons. The number of carbonyl (C=O) groups is 2. The number of nitrogens with zero attached hydrogens (tertiary/aromatic N) is 1. The van der Waals surface area contributed by atoms with Gasteiger partial charge < -0.3 is 15.3 Å². The molecule has 1 saturated heterocycles. The molecule has 1 aliphatic heterocycles. The van der Waals surface area contributed by atoms with Crippen LogP contribution in [0.15, 0.2) is 29.2 Å². The van der Waals surface area contributed by atoms with E-state index in [0.29, 0.717) is 11.4 Å². The van der Waals surface area contributed by atoms with Crippen molar-refractivity contribution in [1.82, 2.24) is 4.90 Å². The molecule has 1 fully saturated rings. The molecule has 2 amide bonds. The van der Waals surface area contributed by atoms with Crippen molar-refractivity contribution in [2.75, 3.05) is 16.9 Å². The molecule has 10 heteroatoms. The fraction of sp³-hybridized carbons (Fsp3) is 0.273. The predicted molar refractivity (Wildman–Crippen MR) is 77.4 cm³/mol. The molecular formula is C11H13N3O5S2. The van der Waals surface area contributed by atoms with Gasteiger partial charge in [0.25, 0.3) is 0 Å². The number of thioether (sulfide) groups is 1. The number of nitrogens with one attached hydrogen (secondary N) is 1. The summed E-state index contributed by atoms with van der Waals surface area (Å²) in [5.41, 5.74) is 0.355. The fourth-order valence-corrected chi connectivity index (χ4v) is 3.43. The zero-order valence-electron chi connectivity index (χ0n) is 10.7. The summed E-state index contributed by atoms with van der Waals surface area (Å²) in [6.45, 7) is 0. The number of rotatable bonds is 3. The SMILES string of the molecule is NS(=O)(=O)c1ccc(NC(=O)N2CSCC2C(=O)O)cc1. The Balaban J connectivity index is 2.08. The summed E-state index contributed by atoms with van der Waals surface area (Å²) in [5.74, 6) is -0.426. The number of amides is 2. The maximum absolute atomic E-state index is 12.0. The number of primary sulfonamides is 1. The lowest BCUT2D eigenvalue weighted by atomic mass is 10.3. The molecule has 1 aromatic carbocycles. The minimum absolute atomic E-state index is 0.0689. The van der Waals surface area contributed by atoms with Gasteiger partial charge in [-0.2, -0.15) is 0 Å². The average Bonchev–Trinajstić information content (AvgIpc) is 2.87. The van der Waals surface area contributed by atoms with Crippen LogP contribution in [0.25, 0.3) is 0 Å². The van der Waals surface area contributed by atoms with Crippen LogP contribution in [0.3, 0.4) is 0 Å². The molecule has 21 heavy (non-hydrogen) atoms. The van der Waals surface area contributed by atoms with E-state index < -0.39 is 28.1 Å². The van der Waals surface area contributed by atoms with Gasteiger partial charge in [0.2, 0.25) is 10.0 Å². The van der Waals surface area contributed by atoms with Gasteiger partial charge in [-0.05, 0) is 24.3 Å². The predicted octanol–water partition coefficient (Wildman–Crippen LogP) is 0.325. The Bertz CT molecular complexity index is 659. The molecule has 0 aromatic heterocycles. The third-order valence-electron chi connectivity index (χ3n) is 2.86. The number of aliphatic carboxylic acids is 1. The maximum Gasteiger partial charge on any atom is 0.327 e. The maximum atomic E-state index is 12.0. The molecule has 2 rings (SSSR count). The molecule has 0 spiro atoms. The molecule has 1 aliphatic rings. The van der Waals surface area contributed by atoms with Crippen molar-refractivity contribution >= 4 is 39.5 Å². The van der Waals surface area contributed by atoms with E-state index in [4.69, 9.17) is 10.2 Å². The minimum atomic E-state index is -3.79. The zero-order valence-corrected chi connectivity index (χ0v) is 12.4. The lowest BCUT2D eigenvalue weighted by molar-refractivity contribution is -0.140. The number of carboxylic acids is 1. The van der Waals surface area contributed by atoms with E-state index in [2.05, 4.69) is 5.32 Å². The Morgan fingerprint density at radius 3 is 2.48 bits per heavy atom. The Morgan fingerprint density at radius 2 is 1.95 bits per heavy atom. The fourth-order valence-electron chi connectivity index (χ4n) is 1.77. The third kappa shape index (κ3) is 3.65. The van der Waals surface area contributed by atoms with Gasteiger partial charge in [-0.15, -0.1) is 11.8 Å². The normalized spacial score (nSPS) is 18.5. The van der Waals surface area contributed by atoms with Crippen molar-refractivity contribution in [2.45, 2.75) is 10.9 Å². The van der Waals surface area contributed by atoms with Gasteiger partial charge in [0, 0.05) is 11.4 Å². The van der Waals surface area contributed by atoms with E-state index in [1.807, 2.05) is 0 Å². The molecule has 0 radical (unpaired) electrons. The van der Waals surface area contributed by atoms with Crippen molar-refractivity contribution in [3.63, 3.8) is 0 Å². The topological polar surface area (TPSA) is 130 Å². The molecule has 0 saturated carbocycles. The van der Waals surface area contributed by atoms with Crippen molar-refractivity contribution in [1.29, 1.82) is 0 Å². The van der Waals surface area contributed by atoms with Crippen LogP contribution in [0, 0.1) is 0 Å². The first-order valence-corrected chi connectivity index (χ1v) is 8.50. The lowest BCUT2D eigenvalue weighted by Gasteiger charge is -2.20. The molecule has 0 bridgehead atoms. The van der Waals surface area contributed by atoms with Crippen LogP contribution in [0.4, 0.5) is 10.5 Å². The van der Waals surface area contributed by atoms with Crippen molar-refractivity contribution in [2.24, 2.45) is 5.14 Å². The van der Waals surface area contributed by atoms with E-state index in [0.717, 1.165) is 0 Å². The molecule has 1 unspecified atom stereocenters. The summed E-state index contributed by atoms with van der Waals surface area (Å²) in [4.78, 5) is 24.2. The van der Waals surface area contributed by atoms with Crippen LogP contribution in [-0.4, -0.2) is 48.1 Å². The van der Waals surface area contributed by atoms with Gasteiger partial charge in [-0.3, -0.25) is 0 Å². The second-order valence-electron chi connectivity index (χ2n) is 4.32. The highest BCUT2D eigenvalue weighted by molar-refractivity contribution is 7.99. The summed E-state index contributed by atoms with van der Waals surface area (Å²) in [6, 6.07) is 3.89. The number of benzene rings is 1. The van der Waals surface area contributed by atoms with Crippen LogP contribution in [0.5, 0.6) is 0 Å². The van der Waals surface area contributed by atoms with Gasteiger partial charge in [0.05, 0.1) is 10.8 Å². The minimum Gasteiger partial charge on any atom is -0.480 e. The molecule has 4 N–H and O–H groups in total. The number of anilines is 1. The highest BCUT2D eigenvalue weighted by Gasteiger charge is 2.34. The summed E-state index contributed by atoms with van der Waals surface area (Å²) < 4.78 is 22.2. The monoisotopic (exact) mass is 331 g/mol. The van der Waals surface area contributed by atoms with Crippen LogP contribution in [0.1, 0.15) is 0 Å². The lowest BCUT2D eigenvalue weighted by Crippen LogP contribution is -2.43. The first-order valence-electron chi connectivity index (χ1n) is 5.80. The van der Waals surface area contributed by atoms with Crippen LogP contribution in [-0.2, 0) is 14.8 Å². The Morgan fingerprint density at radius 1 is 1.33 bits per heavy atom. The van der Waals surface area contributed by atoms with Gasteiger partial charge >= 0.3 is 12.0 Å². The van der Waals surface area contributed by atoms with Crippen LogP contribution >= 0.6 is 11.8 Å². The van der Waals surface area contributed by atoms with Crippen LogP contribution in [0.2, 0.25) is 0 Å². The molecule has 1 atom stereocenters. The first kappa shape index (κ1) is 15.6. The van der Waals surface area contributed by atoms with Gasteiger partial charge in [-0.25, -0.2) is 23.1 Å². The quantitative estimate of drug-likeness (QED) is 0.731. The third-order valence-corrected chi connectivity index (χ3v) is 4.80. The summed E-state index contributed by atoms with van der Waals surface area (Å²) in [7, 11) is -3.79. The largest absolute Gasteiger partial charge is 0.480 e. The number of hydrogen-bond acceptors (Lipinski definition) is 5. The Hall–Kier alpha value is -1.78. The van der Waals surface area contributed by atoms with E-state index in [1.54, 1.807) is 0 Å². The highest BCUT2D eigenvalue weighted by atomic mass is 32.2. The standard InChI is InChI=1S/C11H13N3O5S2/c12-21(18,19)8-3-1-7(2-4-8)13-11(17)14-6-20-5-9(14)10(15)16/h1-4,9H,5-6H2,(H,13,17)(H,15,16)(H2,12,18,19). The number of sulfonamides is 1. The number of urea groups is 1. The smallest absolute Gasteiger partial charge is 0.327 e. The molecule has 1 aromatic rings. The molecular weight excluding hydrogens is 318 g/mol.